The van der Waals surface area contributed by atoms with Crippen molar-refractivity contribution in [2.75, 3.05) is 52.0 Å². The second-order valence-electron chi connectivity index (χ2n) is 8.05. The zero-order valence-electron chi connectivity index (χ0n) is 20.4. The Hall–Kier alpha value is -3.76. The van der Waals surface area contributed by atoms with Gasteiger partial charge in [0.25, 0.3) is 0 Å². The maximum atomic E-state index is 13.6. The van der Waals surface area contributed by atoms with Crippen LogP contribution in [-0.4, -0.2) is 62.8 Å². The molecule has 0 saturated carbocycles. The number of amides is 1. The van der Waals surface area contributed by atoms with Gasteiger partial charge in [-0.25, -0.2) is 4.39 Å². The van der Waals surface area contributed by atoms with E-state index < -0.39 is 0 Å². The summed E-state index contributed by atoms with van der Waals surface area (Å²) in [6, 6.07) is 12.3. The van der Waals surface area contributed by atoms with Crippen LogP contribution in [0.15, 0.2) is 42.5 Å². The number of aromatic nitrogens is 2. The molecule has 1 amide bonds. The number of hydrogen-bond acceptors (Lipinski definition) is 6. The van der Waals surface area contributed by atoms with E-state index in [-0.39, 0.29) is 18.3 Å². The van der Waals surface area contributed by atoms with Crippen LogP contribution in [0.1, 0.15) is 13.3 Å². The summed E-state index contributed by atoms with van der Waals surface area (Å²) < 4.78 is 36.2. The van der Waals surface area contributed by atoms with Crippen LogP contribution in [0.3, 0.4) is 0 Å². The van der Waals surface area contributed by atoms with E-state index in [0.717, 1.165) is 27.8 Å². The summed E-state index contributed by atoms with van der Waals surface area (Å²) in [4.78, 5) is 11.1. The van der Waals surface area contributed by atoms with Gasteiger partial charge >= 0.3 is 0 Å². The molecule has 0 saturated heterocycles. The maximum absolute atomic E-state index is 13.6. The number of carbonyl (C=O) groups is 1. The predicted molar refractivity (Wildman–Crippen MR) is 136 cm³/mol. The van der Waals surface area contributed by atoms with Crippen molar-refractivity contribution >= 4 is 28.2 Å². The third-order valence-electron chi connectivity index (χ3n) is 5.50. The van der Waals surface area contributed by atoms with Gasteiger partial charge in [0, 0.05) is 36.7 Å². The van der Waals surface area contributed by atoms with E-state index in [1.165, 1.54) is 12.1 Å². The minimum atomic E-state index is -0.303. The summed E-state index contributed by atoms with van der Waals surface area (Å²) in [6.07, 6.45) is 0.688. The fraction of sp³-hybridized carbons (Fsp3) is 0.346. The third kappa shape index (κ3) is 6.27. The summed E-state index contributed by atoms with van der Waals surface area (Å²) in [7, 11) is 1.57. The Bertz CT molecular complexity index is 1250. The summed E-state index contributed by atoms with van der Waals surface area (Å²) in [5.41, 5.74) is 2.51. The first-order chi connectivity index (χ1) is 17.6. The highest BCUT2D eigenvalue weighted by Crippen LogP contribution is 2.43. The number of H-pyrrole nitrogens is 2. The number of fused-ring (bicyclic) bond motifs is 3. The normalized spacial score (nSPS) is 11.2. The van der Waals surface area contributed by atoms with Crippen molar-refractivity contribution in [1.29, 1.82) is 0 Å². The number of likely N-dealkylation sites (N-methyl/N-ethyl adjacent to an activating group) is 1. The topological polar surface area (TPSA) is 110 Å². The monoisotopic (exact) mass is 498 g/mol. The van der Waals surface area contributed by atoms with Crippen LogP contribution in [0, 0.1) is 5.82 Å². The van der Waals surface area contributed by atoms with Gasteiger partial charge in [-0.15, -0.1) is 0 Å². The summed E-state index contributed by atoms with van der Waals surface area (Å²) in [5.74, 6) is 1.60. The van der Waals surface area contributed by atoms with Crippen molar-refractivity contribution in [3.8, 4) is 22.8 Å². The zero-order valence-corrected chi connectivity index (χ0v) is 20.4. The molecule has 1 heterocycles. The molecule has 9 nitrogen and oxygen atoms in total. The summed E-state index contributed by atoms with van der Waals surface area (Å²) >= 11 is 0. The SMILES string of the molecule is CCOc1cc2cc3c(Nc4cccc(F)c4)[nH][nH]c-3c2cc1OCCCOCCOCC(=O)NC. The molecule has 1 aliphatic heterocycles. The number of carbonyl (C=O) groups excluding carboxylic acids is 1. The molecule has 36 heavy (non-hydrogen) atoms. The van der Waals surface area contributed by atoms with Gasteiger partial charge in [0.15, 0.2) is 11.5 Å². The smallest absolute Gasteiger partial charge is 0.245 e. The van der Waals surface area contributed by atoms with Gasteiger partial charge in [-0.2, -0.15) is 0 Å². The highest BCUT2D eigenvalue weighted by Gasteiger charge is 2.20. The van der Waals surface area contributed by atoms with Gasteiger partial charge in [-0.1, -0.05) is 6.07 Å². The first-order valence-corrected chi connectivity index (χ1v) is 11.9. The molecule has 2 aliphatic rings. The van der Waals surface area contributed by atoms with Gasteiger partial charge in [0.2, 0.25) is 5.91 Å². The second kappa shape index (κ2) is 12.3. The molecule has 0 unspecified atom stereocenters. The standard InChI is InChI=1S/C26H31FN4O5/c1-3-35-22-13-17-12-21-25(30-31-26(21)29-19-7-4-6-18(27)14-19)20(17)15-23(22)36-9-5-8-33-10-11-34-16-24(32)28-2/h4,6-7,12-15,29-31H,3,5,8-11,16H2,1-2H3,(H,28,32). The first-order valence-electron chi connectivity index (χ1n) is 11.9. The molecule has 0 bridgehead atoms. The van der Waals surface area contributed by atoms with Crippen molar-refractivity contribution in [2.45, 2.75) is 13.3 Å². The molecule has 0 atom stereocenters. The van der Waals surface area contributed by atoms with E-state index >= 15 is 0 Å². The molecule has 2 aromatic carbocycles. The van der Waals surface area contributed by atoms with Crippen molar-refractivity contribution in [2.24, 2.45) is 0 Å². The summed E-state index contributed by atoms with van der Waals surface area (Å²) in [6.45, 7) is 4.21. The van der Waals surface area contributed by atoms with E-state index in [1.807, 2.05) is 25.1 Å². The van der Waals surface area contributed by atoms with Crippen molar-refractivity contribution in [1.82, 2.24) is 15.5 Å². The number of ether oxygens (including phenoxy) is 4. The number of halogens is 1. The lowest BCUT2D eigenvalue weighted by Gasteiger charge is -2.13. The van der Waals surface area contributed by atoms with Crippen molar-refractivity contribution < 1.29 is 28.1 Å². The Morgan fingerprint density at radius 3 is 2.61 bits per heavy atom. The fourth-order valence-electron chi connectivity index (χ4n) is 3.80. The highest BCUT2D eigenvalue weighted by atomic mass is 19.1. The maximum Gasteiger partial charge on any atom is 0.245 e. The van der Waals surface area contributed by atoms with E-state index in [9.17, 15) is 9.18 Å². The van der Waals surface area contributed by atoms with Crippen LogP contribution < -0.4 is 20.1 Å². The minimum absolute atomic E-state index is 0.0293. The number of aromatic amines is 2. The number of nitrogens with one attached hydrogen (secondary N) is 4. The Kier molecular flexibility index (Phi) is 8.64. The third-order valence-corrected chi connectivity index (χ3v) is 5.50. The Balaban J connectivity index is 1.36. The lowest BCUT2D eigenvalue weighted by atomic mass is 10.2. The lowest BCUT2D eigenvalue weighted by molar-refractivity contribution is -0.125. The average Bonchev–Trinajstić information content (AvgIpc) is 3.42. The van der Waals surface area contributed by atoms with Gasteiger partial charge in [-0.3, -0.25) is 15.0 Å². The van der Waals surface area contributed by atoms with Crippen LogP contribution in [0.25, 0.3) is 22.0 Å². The second-order valence-corrected chi connectivity index (χ2v) is 8.05. The van der Waals surface area contributed by atoms with E-state index in [1.54, 1.807) is 19.2 Å². The fourth-order valence-corrected chi connectivity index (χ4v) is 3.80. The van der Waals surface area contributed by atoms with E-state index in [0.29, 0.717) is 56.6 Å². The summed E-state index contributed by atoms with van der Waals surface area (Å²) in [5, 5.41) is 14.0. The molecule has 0 spiro atoms. The molecule has 4 rings (SSSR count). The van der Waals surface area contributed by atoms with Crippen LogP contribution in [0.2, 0.25) is 0 Å². The Labute approximate surface area is 208 Å². The highest BCUT2D eigenvalue weighted by molar-refractivity contribution is 6.05. The molecule has 0 fully saturated rings. The van der Waals surface area contributed by atoms with Crippen LogP contribution in [0.5, 0.6) is 11.5 Å². The van der Waals surface area contributed by atoms with E-state index in [2.05, 4.69) is 20.8 Å². The van der Waals surface area contributed by atoms with Crippen LogP contribution in [-0.2, 0) is 14.3 Å². The van der Waals surface area contributed by atoms with Gasteiger partial charge in [0.05, 0.1) is 32.1 Å². The molecule has 4 N–H and O–H groups in total. The van der Waals surface area contributed by atoms with Crippen molar-refractivity contribution in [3.63, 3.8) is 0 Å². The largest absolute Gasteiger partial charge is 0.490 e. The number of hydrogen-bond donors (Lipinski definition) is 4. The molecule has 0 aromatic heterocycles. The number of benzene rings is 2. The van der Waals surface area contributed by atoms with E-state index in [4.69, 9.17) is 18.9 Å². The average molecular weight is 499 g/mol. The Morgan fingerprint density at radius 1 is 0.972 bits per heavy atom. The van der Waals surface area contributed by atoms with Gasteiger partial charge in [0.1, 0.15) is 18.2 Å². The zero-order chi connectivity index (χ0) is 25.3. The molecule has 2 aromatic rings. The van der Waals surface area contributed by atoms with Crippen LogP contribution >= 0.6 is 0 Å². The van der Waals surface area contributed by atoms with Crippen LogP contribution in [0.4, 0.5) is 15.9 Å². The molecule has 10 heteroatoms. The molecule has 1 aliphatic carbocycles. The molecule has 0 radical (unpaired) electrons. The molecular formula is C26H31FN4O5. The van der Waals surface area contributed by atoms with Crippen molar-refractivity contribution in [3.05, 3.63) is 48.3 Å². The Morgan fingerprint density at radius 2 is 1.81 bits per heavy atom. The van der Waals surface area contributed by atoms with Gasteiger partial charge in [-0.05, 0) is 48.7 Å². The molecular weight excluding hydrogens is 467 g/mol. The number of rotatable bonds is 14. The van der Waals surface area contributed by atoms with Gasteiger partial charge < -0.3 is 29.6 Å². The first kappa shape index (κ1) is 25.3. The lowest BCUT2D eigenvalue weighted by Crippen LogP contribution is -2.24. The minimum Gasteiger partial charge on any atom is -0.490 e. The quantitative estimate of drug-likeness (QED) is 0.192. The predicted octanol–water partition coefficient (Wildman–Crippen LogP) is 4.43. The number of anilines is 2. The molecule has 192 valence electrons.